The Hall–Kier alpha value is -4.72. The lowest BCUT2D eigenvalue weighted by atomic mass is 9.94. The molecule has 0 aliphatic carbocycles. The van der Waals surface area contributed by atoms with Gasteiger partial charge >= 0.3 is 0 Å². The molecule has 0 saturated carbocycles. The van der Waals surface area contributed by atoms with Gasteiger partial charge in [0.25, 0.3) is 17.6 Å². The van der Waals surface area contributed by atoms with Crippen molar-refractivity contribution >= 4 is 34.3 Å². The number of rotatable bonds is 6. The molecule has 2 N–H and O–H groups in total. The molecule has 186 valence electrons. The lowest BCUT2D eigenvalue weighted by Gasteiger charge is -2.25. The van der Waals surface area contributed by atoms with E-state index in [2.05, 4.69) is 9.97 Å². The second kappa shape index (κ2) is 9.73. The topological polar surface area (TPSA) is 107 Å². The zero-order valence-corrected chi connectivity index (χ0v) is 20.5. The first kappa shape index (κ1) is 24.0. The van der Waals surface area contributed by atoms with E-state index in [0.717, 1.165) is 16.5 Å². The molecule has 0 spiro atoms. The molecule has 0 bridgehead atoms. The predicted molar refractivity (Wildman–Crippen MR) is 140 cm³/mol. The molecule has 3 heterocycles. The SMILES string of the molecule is CN(C)C(=O)c1ccc(C2C(=C(O)c3cccnc3)C(=O)C(=O)N2CCc2c[nH]c3ccccc23)cc1. The summed E-state index contributed by atoms with van der Waals surface area (Å²) in [6.45, 7) is 0.263. The minimum Gasteiger partial charge on any atom is -0.507 e. The molecule has 2 amide bonds. The molecule has 37 heavy (non-hydrogen) atoms. The lowest BCUT2D eigenvalue weighted by molar-refractivity contribution is -0.139. The summed E-state index contributed by atoms with van der Waals surface area (Å²) in [5.74, 6) is -1.86. The van der Waals surface area contributed by atoms with Crippen LogP contribution in [0, 0.1) is 0 Å². The number of aliphatic hydroxyl groups excluding tert-OH is 1. The first-order chi connectivity index (χ1) is 17.9. The largest absolute Gasteiger partial charge is 0.507 e. The Morgan fingerprint density at radius 2 is 1.78 bits per heavy atom. The lowest BCUT2D eigenvalue weighted by Crippen LogP contribution is -2.31. The van der Waals surface area contributed by atoms with Gasteiger partial charge in [0.2, 0.25) is 0 Å². The number of amides is 2. The van der Waals surface area contributed by atoms with Crippen molar-refractivity contribution in [3.05, 3.63) is 107 Å². The smallest absolute Gasteiger partial charge is 0.295 e. The number of hydrogen-bond acceptors (Lipinski definition) is 5. The van der Waals surface area contributed by atoms with Crippen LogP contribution in [0.15, 0.2) is 84.8 Å². The van der Waals surface area contributed by atoms with Crippen LogP contribution < -0.4 is 0 Å². The summed E-state index contributed by atoms with van der Waals surface area (Å²) >= 11 is 0. The van der Waals surface area contributed by atoms with Gasteiger partial charge in [-0.3, -0.25) is 19.4 Å². The van der Waals surface area contributed by atoms with Gasteiger partial charge in [0.05, 0.1) is 11.6 Å². The highest BCUT2D eigenvalue weighted by molar-refractivity contribution is 6.46. The van der Waals surface area contributed by atoms with Gasteiger partial charge in [0.15, 0.2) is 0 Å². The Balaban J connectivity index is 1.55. The van der Waals surface area contributed by atoms with Crippen LogP contribution in [0.5, 0.6) is 0 Å². The van der Waals surface area contributed by atoms with E-state index >= 15 is 0 Å². The van der Waals surface area contributed by atoms with E-state index in [0.29, 0.717) is 23.1 Å². The van der Waals surface area contributed by atoms with Crippen LogP contribution in [0.25, 0.3) is 16.7 Å². The minimum atomic E-state index is -0.811. The molecule has 2 aromatic carbocycles. The average molecular weight is 495 g/mol. The number of carbonyl (C=O) groups is 3. The van der Waals surface area contributed by atoms with Crippen molar-refractivity contribution in [3.63, 3.8) is 0 Å². The van der Waals surface area contributed by atoms with E-state index in [1.54, 1.807) is 56.7 Å². The van der Waals surface area contributed by atoms with Gasteiger partial charge in [-0.2, -0.15) is 0 Å². The maximum Gasteiger partial charge on any atom is 0.295 e. The highest BCUT2D eigenvalue weighted by atomic mass is 16.3. The number of aromatic nitrogens is 2. The third-order valence-corrected chi connectivity index (χ3v) is 6.65. The third kappa shape index (κ3) is 4.38. The number of benzene rings is 2. The van der Waals surface area contributed by atoms with Crippen LogP contribution in [0.1, 0.15) is 33.1 Å². The van der Waals surface area contributed by atoms with Gasteiger partial charge in [-0.1, -0.05) is 30.3 Å². The number of hydrogen-bond donors (Lipinski definition) is 2. The number of fused-ring (bicyclic) bond motifs is 1. The normalized spacial score (nSPS) is 16.9. The summed E-state index contributed by atoms with van der Waals surface area (Å²) in [6.07, 6.45) is 5.43. The molecule has 0 radical (unpaired) electrons. The highest BCUT2D eigenvalue weighted by Gasteiger charge is 2.46. The van der Waals surface area contributed by atoms with Crippen molar-refractivity contribution in [1.29, 1.82) is 0 Å². The number of nitrogens with zero attached hydrogens (tertiary/aromatic N) is 3. The zero-order valence-electron chi connectivity index (χ0n) is 20.5. The minimum absolute atomic E-state index is 0.00335. The number of aliphatic hydroxyl groups is 1. The maximum atomic E-state index is 13.3. The van der Waals surface area contributed by atoms with Gasteiger partial charge < -0.3 is 19.9 Å². The molecule has 8 nitrogen and oxygen atoms in total. The molecule has 5 rings (SSSR count). The Kier molecular flexibility index (Phi) is 6.31. The summed E-state index contributed by atoms with van der Waals surface area (Å²) < 4.78 is 0. The van der Waals surface area contributed by atoms with E-state index in [1.165, 1.54) is 16.0 Å². The van der Waals surface area contributed by atoms with Gasteiger partial charge in [-0.15, -0.1) is 0 Å². The standard InChI is InChI=1S/C29H26N4O4/c1-32(2)28(36)19-11-9-18(10-12-19)25-24(26(34)21-6-5-14-30-16-21)27(35)29(37)33(25)15-13-20-17-31-23-8-4-3-7-22(20)23/h3-12,14,16-17,25,31,34H,13,15H2,1-2H3. The first-order valence-corrected chi connectivity index (χ1v) is 11.9. The fraction of sp³-hybridized carbons (Fsp3) is 0.172. The Labute approximate surface area is 213 Å². The molecular formula is C29H26N4O4. The number of para-hydroxylation sites is 1. The zero-order chi connectivity index (χ0) is 26.1. The summed E-state index contributed by atoms with van der Waals surface area (Å²) in [4.78, 5) is 49.2. The maximum absolute atomic E-state index is 13.3. The molecule has 1 aliphatic heterocycles. The Bertz CT molecular complexity index is 1520. The van der Waals surface area contributed by atoms with E-state index < -0.39 is 17.7 Å². The second-order valence-corrected chi connectivity index (χ2v) is 9.17. The Morgan fingerprint density at radius 1 is 1.03 bits per heavy atom. The molecule has 2 aromatic heterocycles. The molecule has 1 aliphatic rings. The van der Waals surface area contributed by atoms with E-state index in [9.17, 15) is 19.5 Å². The van der Waals surface area contributed by atoms with Crippen LogP contribution >= 0.6 is 0 Å². The van der Waals surface area contributed by atoms with E-state index in [4.69, 9.17) is 0 Å². The van der Waals surface area contributed by atoms with Crippen molar-refractivity contribution in [1.82, 2.24) is 19.8 Å². The number of ketones is 1. The van der Waals surface area contributed by atoms with Crippen LogP contribution in [0.4, 0.5) is 0 Å². The van der Waals surface area contributed by atoms with E-state index in [-0.39, 0.29) is 23.8 Å². The molecule has 1 unspecified atom stereocenters. The third-order valence-electron chi connectivity index (χ3n) is 6.65. The molecule has 1 atom stereocenters. The fourth-order valence-electron chi connectivity index (χ4n) is 4.76. The Morgan fingerprint density at radius 3 is 2.49 bits per heavy atom. The van der Waals surface area contributed by atoms with Crippen molar-refractivity contribution in [2.75, 3.05) is 20.6 Å². The quantitative estimate of drug-likeness (QED) is 0.240. The summed E-state index contributed by atoms with van der Waals surface area (Å²) in [5, 5.41) is 12.2. The molecular weight excluding hydrogens is 468 g/mol. The van der Waals surface area contributed by atoms with Crippen LogP contribution in [0.3, 0.4) is 0 Å². The summed E-state index contributed by atoms with van der Waals surface area (Å²) in [6, 6.07) is 17.2. The van der Waals surface area contributed by atoms with Crippen LogP contribution in [-0.4, -0.2) is 63.1 Å². The number of H-pyrrole nitrogens is 1. The number of pyridine rings is 1. The average Bonchev–Trinajstić information content (AvgIpc) is 3.45. The van der Waals surface area contributed by atoms with Crippen LogP contribution in [0.2, 0.25) is 0 Å². The number of Topliss-reactive ketones (excluding diaryl/α,β-unsaturated/α-hetero) is 1. The van der Waals surface area contributed by atoms with Crippen molar-refractivity contribution < 1.29 is 19.5 Å². The predicted octanol–water partition coefficient (Wildman–Crippen LogP) is 3.93. The fourth-order valence-corrected chi connectivity index (χ4v) is 4.76. The second-order valence-electron chi connectivity index (χ2n) is 9.17. The first-order valence-electron chi connectivity index (χ1n) is 11.9. The summed E-state index contributed by atoms with van der Waals surface area (Å²) in [5.41, 5.74) is 3.48. The van der Waals surface area contributed by atoms with Crippen molar-refractivity contribution in [2.24, 2.45) is 0 Å². The van der Waals surface area contributed by atoms with Gasteiger partial charge in [-0.25, -0.2) is 0 Å². The molecule has 8 heteroatoms. The molecule has 1 fully saturated rings. The van der Waals surface area contributed by atoms with Gasteiger partial charge in [0, 0.05) is 61.3 Å². The number of carbonyl (C=O) groups excluding carboxylic acids is 3. The van der Waals surface area contributed by atoms with Gasteiger partial charge in [-0.05, 0) is 47.9 Å². The monoisotopic (exact) mass is 494 g/mol. The number of likely N-dealkylation sites (tertiary alicyclic amines) is 1. The van der Waals surface area contributed by atoms with E-state index in [1.807, 2.05) is 30.5 Å². The molecule has 4 aromatic rings. The van der Waals surface area contributed by atoms with Crippen molar-refractivity contribution in [3.8, 4) is 0 Å². The van der Waals surface area contributed by atoms with Crippen LogP contribution in [-0.2, 0) is 16.0 Å². The summed E-state index contributed by atoms with van der Waals surface area (Å²) in [7, 11) is 3.34. The number of nitrogens with one attached hydrogen (secondary N) is 1. The number of aromatic amines is 1. The molecule has 1 saturated heterocycles. The van der Waals surface area contributed by atoms with Crippen molar-refractivity contribution in [2.45, 2.75) is 12.5 Å². The highest BCUT2D eigenvalue weighted by Crippen LogP contribution is 2.39. The van der Waals surface area contributed by atoms with Gasteiger partial charge in [0.1, 0.15) is 5.76 Å².